The summed E-state index contributed by atoms with van der Waals surface area (Å²) in [6.45, 7) is 1.36. The second-order valence-electron chi connectivity index (χ2n) is 6.24. The Labute approximate surface area is 140 Å². The van der Waals surface area contributed by atoms with Crippen molar-refractivity contribution in [3.8, 4) is 17.0 Å². The van der Waals surface area contributed by atoms with Crippen LogP contribution in [0.2, 0.25) is 0 Å². The van der Waals surface area contributed by atoms with Crippen molar-refractivity contribution < 1.29 is 18.6 Å². The lowest BCUT2D eigenvalue weighted by molar-refractivity contribution is 0.102. The summed E-state index contributed by atoms with van der Waals surface area (Å²) < 4.78 is 30.7. The molecule has 2 atom stereocenters. The van der Waals surface area contributed by atoms with Crippen molar-refractivity contribution in [1.29, 1.82) is 0 Å². The van der Waals surface area contributed by atoms with Crippen LogP contribution in [0.5, 0.6) is 5.88 Å². The van der Waals surface area contributed by atoms with E-state index in [1.165, 1.54) is 6.07 Å². The molecule has 0 saturated carbocycles. The minimum atomic E-state index is -0.188. The van der Waals surface area contributed by atoms with E-state index in [0.717, 1.165) is 42.6 Å². The van der Waals surface area contributed by atoms with Gasteiger partial charge in [0.15, 0.2) is 0 Å². The predicted molar refractivity (Wildman–Crippen MR) is 87.6 cm³/mol. The number of benzene rings is 1. The number of pyridine rings is 1. The van der Waals surface area contributed by atoms with Crippen molar-refractivity contribution in [3.05, 3.63) is 47.4 Å². The van der Waals surface area contributed by atoms with Gasteiger partial charge in [-0.2, -0.15) is 0 Å². The highest BCUT2D eigenvalue weighted by atomic mass is 19.1. The van der Waals surface area contributed by atoms with Crippen molar-refractivity contribution >= 4 is 0 Å². The highest BCUT2D eigenvalue weighted by Gasteiger charge is 2.28. The van der Waals surface area contributed by atoms with Gasteiger partial charge in [0, 0.05) is 36.9 Å². The van der Waals surface area contributed by atoms with Crippen LogP contribution in [-0.4, -0.2) is 31.4 Å². The number of nitrogens with zero attached hydrogens (tertiary/aromatic N) is 1. The summed E-state index contributed by atoms with van der Waals surface area (Å²) in [5.74, 6) is 0.412. The van der Waals surface area contributed by atoms with Gasteiger partial charge in [-0.15, -0.1) is 0 Å². The van der Waals surface area contributed by atoms with E-state index in [0.29, 0.717) is 18.1 Å². The van der Waals surface area contributed by atoms with Crippen molar-refractivity contribution in [2.45, 2.75) is 31.5 Å². The number of methoxy groups -OCH3 is 1. The van der Waals surface area contributed by atoms with E-state index in [1.807, 2.05) is 18.2 Å². The molecule has 1 aromatic heterocycles. The van der Waals surface area contributed by atoms with Crippen molar-refractivity contribution in [1.82, 2.24) is 4.98 Å². The molecular formula is C19H20FNO3. The number of ether oxygens (including phenoxy) is 3. The normalized spacial score (nSPS) is 22.6. The van der Waals surface area contributed by atoms with Gasteiger partial charge in [0.1, 0.15) is 11.9 Å². The number of hydrogen-bond acceptors (Lipinski definition) is 4. The van der Waals surface area contributed by atoms with Gasteiger partial charge in [-0.25, -0.2) is 9.37 Å². The van der Waals surface area contributed by atoms with Crippen LogP contribution < -0.4 is 4.74 Å². The summed E-state index contributed by atoms with van der Waals surface area (Å²) in [5, 5.41) is 0. The summed E-state index contributed by atoms with van der Waals surface area (Å²) >= 11 is 0. The third kappa shape index (κ3) is 2.78. The Hall–Kier alpha value is -1.98. The molecule has 0 N–H and O–H groups in total. The molecule has 126 valence electrons. The largest absolute Gasteiger partial charge is 0.472 e. The quantitative estimate of drug-likeness (QED) is 0.858. The fourth-order valence-electron chi connectivity index (χ4n) is 3.57. The Morgan fingerprint density at radius 1 is 1.21 bits per heavy atom. The lowest BCUT2D eigenvalue weighted by atomic mass is 9.97. The Balaban J connectivity index is 1.61. The number of halogens is 1. The van der Waals surface area contributed by atoms with Gasteiger partial charge in [0.25, 0.3) is 0 Å². The number of aromatic nitrogens is 1. The molecule has 2 heterocycles. The molecule has 1 aliphatic carbocycles. The monoisotopic (exact) mass is 329 g/mol. The second kappa shape index (κ2) is 6.49. The van der Waals surface area contributed by atoms with Crippen molar-refractivity contribution in [2.24, 2.45) is 0 Å². The van der Waals surface area contributed by atoms with Crippen molar-refractivity contribution in [3.63, 3.8) is 0 Å². The second-order valence-corrected chi connectivity index (χ2v) is 6.24. The average Bonchev–Trinajstić information content (AvgIpc) is 3.26. The summed E-state index contributed by atoms with van der Waals surface area (Å²) in [4.78, 5) is 4.40. The number of rotatable bonds is 4. The van der Waals surface area contributed by atoms with Gasteiger partial charge in [-0.1, -0.05) is 6.07 Å². The number of fused-ring (bicyclic) bond motifs is 1. The molecule has 1 aliphatic heterocycles. The molecular weight excluding hydrogens is 309 g/mol. The van der Waals surface area contributed by atoms with E-state index < -0.39 is 0 Å². The fraction of sp³-hybridized carbons (Fsp3) is 0.421. The van der Waals surface area contributed by atoms with Crippen molar-refractivity contribution in [2.75, 3.05) is 20.3 Å². The highest BCUT2D eigenvalue weighted by Crippen LogP contribution is 2.40. The zero-order chi connectivity index (χ0) is 16.5. The lowest BCUT2D eigenvalue weighted by Gasteiger charge is -2.14. The van der Waals surface area contributed by atoms with E-state index in [9.17, 15) is 4.39 Å². The maximum Gasteiger partial charge on any atom is 0.213 e. The van der Waals surface area contributed by atoms with Crippen LogP contribution >= 0.6 is 0 Å². The van der Waals surface area contributed by atoms with E-state index in [4.69, 9.17) is 14.2 Å². The summed E-state index contributed by atoms with van der Waals surface area (Å²) in [6, 6.07) is 7.19. The number of hydrogen-bond donors (Lipinski definition) is 0. The molecule has 0 bridgehead atoms. The highest BCUT2D eigenvalue weighted by molar-refractivity contribution is 5.69. The minimum Gasteiger partial charge on any atom is -0.472 e. The third-order valence-corrected chi connectivity index (χ3v) is 4.79. The Morgan fingerprint density at radius 2 is 2.12 bits per heavy atom. The first kappa shape index (κ1) is 15.5. The molecule has 0 spiro atoms. The van der Waals surface area contributed by atoms with Gasteiger partial charge in [0.05, 0.1) is 19.3 Å². The molecule has 2 aromatic rings. The fourth-order valence-corrected chi connectivity index (χ4v) is 3.57. The molecule has 2 aliphatic rings. The summed E-state index contributed by atoms with van der Waals surface area (Å²) in [6.07, 6.45) is 4.25. The van der Waals surface area contributed by atoms with E-state index in [2.05, 4.69) is 4.98 Å². The first-order chi connectivity index (χ1) is 11.8. The summed E-state index contributed by atoms with van der Waals surface area (Å²) in [7, 11) is 1.63. The molecule has 4 rings (SSSR count). The maximum atomic E-state index is 14.2. The molecule has 1 saturated heterocycles. The first-order valence-corrected chi connectivity index (χ1v) is 8.31. The Morgan fingerprint density at radius 3 is 2.83 bits per heavy atom. The van der Waals surface area contributed by atoms with Crippen LogP contribution in [0.4, 0.5) is 4.39 Å². The first-order valence-electron chi connectivity index (χ1n) is 8.31. The maximum absolute atomic E-state index is 14.2. The minimum absolute atomic E-state index is 0.0841. The molecule has 5 heteroatoms. The van der Waals surface area contributed by atoms with E-state index in [-0.39, 0.29) is 18.0 Å². The van der Waals surface area contributed by atoms with Crippen LogP contribution in [0.15, 0.2) is 30.5 Å². The van der Waals surface area contributed by atoms with Crippen LogP contribution in [0.1, 0.15) is 30.1 Å². The molecule has 0 unspecified atom stereocenters. The summed E-state index contributed by atoms with van der Waals surface area (Å²) in [5.41, 5.74) is 3.71. The Bertz CT molecular complexity index is 726. The molecule has 4 nitrogen and oxygen atoms in total. The zero-order valence-corrected chi connectivity index (χ0v) is 13.6. The SMILES string of the molecule is CO[C@H]1CCc2c(-c3ccc(O[C@@H]4CCOC4)nc3)ccc(F)c21. The van der Waals surface area contributed by atoms with Crippen LogP contribution in [0.3, 0.4) is 0 Å². The van der Waals surface area contributed by atoms with Gasteiger partial charge in [-0.3, -0.25) is 0 Å². The van der Waals surface area contributed by atoms with Gasteiger partial charge in [0.2, 0.25) is 5.88 Å². The third-order valence-electron chi connectivity index (χ3n) is 4.79. The lowest BCUT2D eigenvalue weighted by Crippen LogP contribution is -2.16. The van der Waals surface area contributed by atoms with Crippen LogP contribution in [0, 0.1) is 5.82 Å². The van der Waals surface area contributed by atoms with Crippen LogP contribution in [0.25, 0.3) is 11.1 Å². The predicted octanol–water partition coefficient (Wildman–Crippen LogP) is 3.69. The molecule has 24 heavy (non-hydrogen) atoms. The molecule has 0 amide bonds. The molecule has 1 aromatic carbocycles. The zero-order valence-electron chi connectivity index (χ0n) is 13.6. The smallest absolute Gasteiger partial charge is 0.213 e. The van der Waals surface area contributed by atoms with Gasteiger partial charge in [-0.05, 0) is 36.1 Å². The standard InChI is InChI=1S/C19H20FNO3/c1-22-17-6-4-15-14(3-5-16(20)19(15)17)12-2-7-18(21-10-12)24-13-8-9-23-11-13/h2-3,5,7,10,13,17H,4,6,8-9,11H2,1H3/t13-,17+/m1/s1. The van der Waals surface area contributed by atoms with Gasteiger partial charge >= 0.3 is 0 Å². The topological polar surface area (TPSA) is 40.6 Å². The Kier molecular flexibility index (Phi) is 4.21. The average molecular weight is 329 g/mol. The molecule has 1 fully saturated rings. The van der Waals surface area contributed by atoms with Gasteiger partial charge < -0.3 is 14.2 Å². The van der Waals surface area contributed by atoms with E-state index in [1.54, 1.807) is 13.3 Å². The molecule has 0 radical (unpaired) electrons. The van der Waals surface area contributed by atoms with E-state index >= 15 is 0 Å². The van der Waals surface area contributed by atoms with Crippen LogP contribution in [-0.2, 0) is 15.9 Å².